The molecule has 0 aromatic carbocycles. The predicted molar refractivity (Wildman–Crippen MR) is 76.5 cm³/mol. The highest BCUT2D eigenvalue weighted by Gasteiger charge is 2.11. The van der Waals surface area contributed by atoms with Gasteiger partial charge in [0.15, 0.2) is 0 Å². The highest BCUT2D eigenvalue weighted by molar-refractivity contribution is 7.52. The third-order valence-corrected chi connectivity index (χ3v) is 3.36. The van der Waals surface area contributed by atoms with Crippen LogP contribution in [0.15, 0.2) is 25.3 Å². The molecule has 10 heteroatoms. The van der Waals surface area contributed by atoms with E-state index in [1.807, 2.05) is 0 Å². The van der Waals surface area contributed by atoms with Crippen molar-refractivity contribution in [3.63, 3.8) is 0 Å². The lowest BCUT2D eigenvalue weighted by Crippen LogP contribution is -2.21. The predicted octanol–water partition coefficient (Wildman–Crippen LogP) is 0.597. The summed E-state index contributed by atoms with van der Waals surface area (Å²) in [6.07, 6.45) is 2.96. The van der Waals surface area contributed by atoms with Gasteiger partial charge in [-0.15, -0.1) is 6.58 Å². The lowest BCUT2D eigenvalue weighted by Gasteiger charge is -2.03. The molecule has 0 atom stereocenters. The Morgan fingerprint density at radius 3 is 1.90 bits per heavy atom. The second kappa shape index (κ2) is 11.0. The SMILES string of the molecule is C=CC(=O)NCCCCP(=O)(O)O.C=CCP(=O)(O)O. The van der Waals surface area contributed by atoms with Crippen molar-refractivity contribution >= 4 is 21.1 Å². The van der Waals surface area contributed by atoms with Gasteiger partial charge in [0, 0.05) is 12.7 Å². The Kier molecular flexibility index (Phi) is 11.8. The van der Waals surface area contributed by atoms with Crippen LogP contribution in [0.25, 0.3) is 0 Å². The zero-order valence-electron chi connectivity index (χ0n) is 11.0. The quantitative estimate of drug-likeness (QED) is 0.190. The summed E-state index contributed by atoms with van der Waals surface area (Å²) in [5.74, 6) is -0.267. The first-order chi connectivity index (χ1) is 9.02. The maximum atomic E-state index is 10.6. The number of rotatable bonds is 8. The average Bonchev–Trinajstić information content (AvgIpc) is 2.26. The molecule has 5 N–H and O–H groups in total. The fourth-order valence-electron chi connectivity index (χ4n) is 0.895. The number of carbonyl (C=O) groups excluding carboxylic acids is 1. The molecular weight excluding hydrogens is 308 g/mol. The second-order valence-electron chi connectivity index (χ2n) is 3.73. The minimum atomic E-state index is -3.87. The average molecular weight is 329 g/mol. The van der Waals surface area contributed by atoms with Gasteiger partial charge >= 0.3 is 15.2 Å². The molecule has 0 spiro atoms. The Bertz CT molecular complexity index is 398. The van der Waals surface area contributed by atoms with E-state index in [0.29, 0.717) is 19.4 Å². The third-order valence-electron chi connectivity index (χ3n) is 1.73. The molecule has 0 saturated heterocycles. The Morgan fingerprint density at radius 1 is 1.05 bits per heavy atom. The van der Waals surface area contributed by atoms with E-state index in [1.54, 1.807) is 0 Å². The van der Waals surface area contributed by atoms with Crippen LogP contribution in [0.1, 0.15) is 12.8 Å². The topological polar surface area (TPSA) is 144 Å². The highest BCUT2D eigenvalue weighted by atomic mass is 31.2. The van der Waals surface area contributed by atoms with Gasteiger partial charge in [-0.2, -0.15) is 0 Å². The summed E-state index contributed by atoms with van der Waals surface area (Å²) in [6.45, 7) is 6.84. The Morgan fingerprint density at radius 2 is 1.60 bits per heavy atom. The molecule has 0 heterocycles. The number of nitrogens with one attached hydrogen (secondary N) is 1. The molecule has 1 amide bonds. The minimum absolute atomic E-state index is 0.128. The van der Waals surface area contributed by atoms with Crippen LogP contribution < -0.4 is 5.32 Å². The summed E-state index contributed by atoms with van der Waals surface area (Å²) in [6, 6.07) is 0. The van der Waals surface area contributed by atoms with Crippen molar-refractivity contribution in [2.45, 2.75) is 12.8 Å². The number of unbranched alkanes of at least 4 members (excludes halogenated alkanes) is 1. The van der Waals surface area contributed by atoms with E-state index in [-0.39, 0.29) is 18.2 Å². The maximum Gasteiger partial charge on any atom is 0.329 e. The van der Waals surface area contributed by atoms with Crippen LogP contribution in [0.3, 0.4) is 0 Å². The van der Waals surface area contributed by atoms with E-state index in [2.05, 4.69) is 18.5 Å². The smallest absolute Gasteiger partial charge is 0.329 e. The van der Waals surface area contributed by atoms with E-state index >= 15 is 0 Å². The maximum absolute atomic E-state index is 10.6. The van der Waals surface area contributed by atoms with Gasteiger partial charge in [0.05, 0.1) is 6.16 Å². The Balaban J connectivity index is 0. The number of hydrogen-bond acceptors (Lipinski definition) is 3. The van der Waals surface area contributed by atoms with E-state index in [9.17, 15) is 13.9 Å². The summed E-state index contributed by atoms with van der Waals surface area (Å²) < 4.78 is 20.2. The molecule has 0 aliphatic heterocycles. The molecule has 0 fully saturated rings. The van der Waals surface area contributed by atoms with E-state index in [1.165, 1.54) is 6.08 Å². The van der Waals surface area contributed by atoms with E-state index in [0.717, 1.165) is 6.08 Å². The first-order valence-electron chi connectivity index (χ1n) is 5.62. The zero-order chi connectivity index (χ0) is 16.2. The number of allylic oxidation sites excluding steroid dienone is 1. The number of hydrogen-bond donors (Lipinski definition) is 5. The van der Waals surface area contributed by atoms with Gasteiger partial charge in [-0.05, 0) is 18.9 Å². The molecule has 0 aromatic rings. The fourth-order valence-corrected chi connectivity index (χ4v) is 1.87. The van der Waals surface area contributed by atoms with Crippen LogP contribution >= 0.6 is 15.2 Å². The molecule has 0 saturated carbocycles. The molecule has 118 valence electrons. The molecule has 0 rings (SSSR count). The molecule has 0 bridgehead atoms. The van der Waals surface area contributed by atoms with Crippen LogP contribution in [-0.4, -0.2) is 44.3 Å². The highest BCUT2D eigenvalue weighted by Crippen LogP contribution is 2.35. The number of carbonyl (C=O) groups is 1. The Hall–Kier alpha value is -0.750. The monoisotopic (exact) mass is 329 g/mol. The summed E-state index contributed by atoms with van der Waals surface area (Å²) in [4.78, 5) is 43.7. The van der Waals surface area contributed by atoms with Gasteiger partial charge in [0.2, 0.25) is 5.91 Å². The fraction of sp³-hybridized carbons (Fsp3) is 0.500. The molecule has 0 unspecified atom stereocenters. The molecule has 0 aromatic heterocycles. The molecule has 8 nitrogen and oxygen atoms in total. The van der Waals surface area contributed by atoms with Gasteiger partial charge in [0.25, 0.3) is 0 Å². The lowest BCUT2D eigenvalue weighted by molar-refractivity contribution is -0.116. The second-order valence-corrected chi connectivity index (χ2v) is 7.20. The van der Waals surface area contributed by atoms with Crippen molar-refractivity contribution in [1.82, 2.24) is 5.32 Å². The van der Waals surface area contributed by atoms with Crippen molar-refractivity contribution in [3.05, 3.63) is 25.3 Å². The Labute approximate surface area is 117 Å². The van der Waals surface area contributed by atoms with Crippen molar-refractivity contribution in [2.24, 2.45) is 0 Å². The summed E-state index contributed by atoms with van der Waals surface area (Å²) in [5, 5.41) is 2.51. The van der Waals surface area contributed by atoms with Crippen LogP contribution in [0.4, 0.5) is 0 Å². The summed E-state index contributed by atoms with van der Waals surface area (Å²) in [7, 11) is -7.65. The summed E-state index contributed by atoms with van der Waals surface area (Å²) in [5.41, 5.74) is 0. The van der Waals surface area contributed by atoms with Crippen LogP contribution in [0, 0.1) is 0 Å². The molecule has 0 aliphatic carbocycles. The first kappa shape index (κ1) is 21.5. The summed E-state index contributed by atoms with van der Waals surface area (Å²) >= 11 is 0. The zero-order valence-corrected chi connectivity index (χ0v) is 12.8. The standard InChI is InChI=1S/C7H14NO4P.C3H7O3P/c1-2-7(9)8-5-3-4-6-13(10,11)12;1-2-3-7(4,5)6/h2H,1,3-6H2,(H,8,9)(H2,10,11,12);2H,1,3H2,(H2,4,5,6). The van der Waals surface area contributed by atoms with Crippen molar-refractivity contribution in [3.8, 4) is 0 Å². The van der Waals surface area contributed by atoms with Gasteiger partial charge in [0.1, 0.15) is 0 Å². The van der Waals surface area contributed by atoms with Crippen molar-refractivity contribution < 1.29 is 33.5 Å². The van der Waals surface area contributed by atoms with Gasteiger partial charge in [-0.1, -0.05) is 12.7 Å². The van der Waals surface area contributed by atoms with Crippen LogP contribution in [-0.2, 0) is 13.9 Å². The van der Waals surface area contributed by atoms with Crippen molar-refractivity contribution in [2.75, 3.05) is 18.9 Å². The van der Waals surface area contributed by atoms with Gasteiger partial charge in [-0.3, -0.25) is 13.9 Å². The third kappa shape index (κ3) is 22.4. The largest absolute Gasteiger partial charge is 0.353 e. The molecule has 0 aliphatic rings. The first-order valence-corrected chi connectivity index (χ1v) is 9.21. The van der Waals surface area contributed by atoms with Crippen LogP contribution in [0.2, 0.25) is 0 Å². The van der Waals surface area contributed by atoms with Crippen molar-refractivity contribution in [1.29, 1.82) is 0 Å². The lowest BCUT2D eigenvalue weighted by atomic mass is 10.3. The minimum Gasteiger partial charge on any atom is -0.353 e. The normalized spacial score (nSPS) is 11.0. The molecular formula is C10H21NO7P2. The number of amides is 1. The molecule has 0 radical (unpaired) electrons. The van der Waals surface area contributed by atoms with Crippen LogP contribution in [0.5, 0.6) is 0 Å². The van der Waals surface area contributed by atoms with Gasteiger partial charge in [-0.25, -0.2) is 0 Å². The van der Waals surface area contributed by atoms with E-state index in [4.69, 9.17) is 19.6 Å². The molecule has 20 heavy (non-hydrogen) atoms. The van der Waals surface area contributed by atoms with Gasteiger partial charge < -0.3 is 24.9 Å². The van der Waals surface area contributed by atoms with E-state index < -0.39 is 15.2 Å².